The molecular weight excluding hydrogens is 422 g/mol. The van der Waals surface area contributed by atoms with Crippen LogP contribution in [0.2, 0.25) is 0 Å². The van der Waals surface area contributed by atoms with E-state index in [0.29, 0.717) is 11.1 Å². The van der Waals surface area contributed by atoms with Gasteiger partial charge in [0.15, 0.2) is 11.8 Å². The van der Waals surface area contributed by atoms with Crippen LogP contribution in [-0.2, 0) is 14.4 Å². The minimum atomic E-state index is -1.35. The topological polar surface area (TPSA) is 116 Å². The van der Waals surface area contributed by atoms with Crippen molar-refractivity contribution in [2.75, 3.05) is 7.05 Å². The molecule has 0 bridgehead atoms. The number of nitrogens with zero attached hydrogens (tertiary/aromatic N) is 1. The molecule has 1 heterocycles. The molecule has 8 heteroatoms. The van der Waals surface area contributed by atoms with E-state index in [1.165, 1.54) is 23.7 Å². The van der Waals surface area contributed by atoms with Crippen LogP contribution in [0.1, 0.15) is 36.1 Å². The lowest BCUT2D eigenvalue weighted by molar-refractivity contribution is -0.138. The summed E-state index contributed by atoms with van der Waals surface area (Å²) in [7, 11) is 1.50. The van der Waals surface area contributed by atoms with E-state index >= 15 is 0 Å². The quantitative estimate of drug-likeness (QED) is 0.586. The first-order chi connectivity index (χ1) is 15.6. The third-order valence-corrected chi connectivity index (χ3v) is 5.72. The molecule has 33 heavy (non-hydrogen) atoms. The van der Waals surface area contributed by atoms with Crippen LogP contribution in [0.5, 0.6) is 0 Å². The maximum atomic E-state index is 12.7. The molecule has 0 radical (unpaired) electrons. The molecule has 0 spiro atoms. The molecule has 0 saturated carbocycles. The summed E-state index contributed by atoms with van der Waals surface area (Å²) in [6.45, 7) is 5.60. The van der Waals surface area contributed by atoms with Crippen LogP contribution < -0.4 is 10.6 Å². The van der Waals surface area contributed by atoms with Gasteiger partial charge in [0.05, 0.1) is 12.5 Å². The van der Waals surface area contributed by atoms with Crippen molar-refractivity contribution in [3.05, 3.63) is 70.9 Å². The summed E-state index contributed by atoms with van der Waals surface area (Å²) >= 11 is 0. The zero-order valence-corrected chi connectivity index (χ0v) is 19.0. The van der Waals surface area contributed by atoms with E-state index < -0.39 is 35.8 Å². The molecule has 172 valence electrons. The third-order valence-electron chi connectivity index (χ3n) is 5.72. The van der Waals surface area contributed by atoms with Gasteiger partial charge in [-0.2, -0.15) is 0 Å². The number of nitrogens with one attached hydrogen (secondary N) is 2. The maximum absolute atomic E-state index is 12.7. The number of benzene rings is 2. The molecule has 2 unspecified atom stereocenters. The largest absolute Gasteiger partial charge is 0.481 e. The van der Waals surface area contributed by atoms with E-state index in [1.54, 1.807) is 19.1 Å². The van der Waals surface area contributed by atoms with Crippen LogP contribution in [0.15, 0.2) is 54.2 Å². The number of carbonyl (C=O) groups excluding carboxylic acids is 3. The van der Waals surface area contributed by atoms with Crippen LogP contribution in [-0.4, -0.2) is 46.8 Å². The zero-order valence-electron chi connectivity index (χ0n) is 19.0. The summed E-state index contributed by atoms with van der Waals surface area (Å²) in [5, 5.41) is 14.4. The number of aryl methyl sites for hydroxylation is 2. The molecule has 3 amide bonds. The Labute approximate surface area is 192 Å². The second-order valence-electron chi connectivity index (χ2n) is 8.25. The Balaban J connectivity index is 1.83. The Kier molecular flexibility index (Phi) is 6.96. The van der Waals surface area contributed by atoms with Crippen molar-refractivity contribution in [2.24, 2.45) is 0 Å². The molecule has 0 aromatic heterocycles. The molecule has 3 rings (SSSR count). The Morgan fingerprint density at radius 3 is 2.39 bits per heavy atom. The van der Waals surface area contributed by atoms with E-state index in [1.807, 2.05) is 44.2 Å². The minimum absolute atomic E-state index is 0.338. The first-order valence-electron chi connectivity index (χ1n) is 10.5. The number of hydrogen-bond donors (Lipinski definition) is 3. The lowest BCUT2D eigenvalue weighted by Crippen LogP contribution is -2.56. The highest BCUT2D eigenvalue weighted by Crippen LogP contribution is 2.26. The van der Waals surface area contributed by atoms with Crippen LogP contribution in [0.3, 0.4) is 0 Å². The Morgan fingerprint density at radius 2 is 1.73 bits per heavy atom. The molecule has 2 aromatic rings. The summed E-state index contributed by atoms with van der Waals surface area (Å²) in [6.07, 6.45) is 1.04. The summed E-state index contributed by atoms with van der Waals surface area (Å²) in [5.74, 6) is -2.16. The lowest BCUT2D eigenvalue weighted by Gasteiger charge is -2.27. The van der Waals surface area contributed by atoms with Crippen molar-refractivity contribution in [3.63, 3.8) is 0 Å². The highest BCUT2D eigenvalue weighted by molar-refractivity contribution is 6.16. The number of Topliss-reactive ketones (excluding diaryl/α,β-unsaturated/α-hetero) is 1. The van der Waals surface area contributed by atoms with E-state index in [2.05, 4.69) is 10.6 Å². The number of hydrogen-bond acceptors (Lipinski definition) is 4. The smallest absolute Gasteiger partial charge is 0.316 e. The molecule has 0 saturated heterocycles. The van der Waals surface area contributed by atoms with Crippen molar-refractivity contribution in [2.45, 2.75) is 39.3 Å². The lowest BCUT2D eigenvalue weighted by atomic mass is 9.96. The van der Waals surface area contributed by atoms with Gasteiger partial charge in [-0.1, -0.05) is 36.4 Å². The molecule has 2 atom stereocenters. The van der Waals surface area contributed by atoms with Crippen LogP contribution in [0.4, 0.5) is 4.79 Å². The van der Waals surface area contributed by atoms with Gasteiger partial charge in [-0.25, -0.2) is 4.79 Å². The second-order valence-corrected chi connectivity index (χ2v) is 8.25. The fraction of sp³-hybridized carbons (Fsp3) is 0.280. The van der Waals surface area contributed by atoms with Crippen LogP contribution in [0.25, 0.3) is 11.1 Å². The van der Waals surface area contributed by atoms with Crippen molar-refractivity contribution in [3.8, 4) is 11.1 Å². The number of carbonyl (C=O) groups is 4. The van der Waals surface area contributed by atoms with Gasteiger partial charge in [0.1, 0.15) is 0 Å². The van der Waals surface area contributed by atoms with Gasteiger partial charge in [0.2, 0.25) is 0 Å². The van der Waals surface area contributed by atoms with Crippen molar-refractivity contribution < 1.29 is 24.3 Å². The number of carboxylic acids is 1. The van der Waals surface area contributed by atoms with Gasteiger partial charge in [0.25, 0.3) is 5.91 Å². The SMILES string of the molecule is CC1=CN(C)C(=O)C(NC(=O)NC(CC(=O)O)c2cccc(-c3ccc(C)c(C)c3)c2)C1=O. The van der Waals surface area contributed by atoms with Crippen molar-refractivity contribution >= 4 is 23.7 Å². The summed E-state index contributed by atoms with van der Waals surface area (Å²) in [5.41, 5.74) is 5.09. The van der Waals surface area contributed by atoms with E-state index in [0.717, 1.165) is 16.7 Å². The van der Waals surface area contributed by atoms with E-state index in [9.17, 15) is 24.3 Å². The molecule has 3 N–H and O–H groups in total. The average molecular weight is 450 g/mol. The standard InChI is InChI=1S/C25H27N3O5/c1-14-8-9-18(10-15(14)2)17-6-5-7-19(11-17)20(12-21(29)30)26-25(33)27-22-23(31)16(3)13-28(4)24(22)32/h5-11,13,20,22H,12H2,1-4H3,(H,29,30)(H2,26,27,33). The highest BCUT2D eigenvalue weighted by atomic mass is 16.4. The summed E-state index contributed by atoms with van der Waals surface area (Å²) in [4.78, 5) is 50.1. The van der Waals surface area contributed by atoms with E-state index in [4.69, 9.17) is 0 Å². The maximum Gasteiger partial charge on any atom is 0.316 e. The molecule has 0 fully saturated rings. The highest BCUT2D eigenvalue weighted by Gasteiger charge is 2.35. The molecule has 1 aliphatic rings. The fourth-order valence-corrected chi connectivity index (χ4v) is 3.70. The number of urea groups is 1. The van der Waals surface area contributed by atoms with Gasteiger partial charge in [0, 0.05) is 18.8 Å². The van der Waals surface area contributed by atoms with Gasteiger partial charge >= 0.3 is 12.0 Å². The molecule has 8 nitrogen and oxygen atoms in total. The normalized spacial score (nSPS) is 16.8. The van der Waals surface area contributed by atoms with Gasteiger partial charge in [-0.05, 0) is 54.7 Å². The number of ketones is 1. The average Bonchev–Trinajstić information content (AvgIpc) is 2.76. The van der Waals surface area contributed by atoms with Crippen molar-refractivity contribution in [1.82, 2.24) is 15.5 Å². The number of rotatable bonds is 6. The first kappa shape index (κ1) is 23.7. The number of amides is 3. The monoisotopic (exact) mass is 449 g/mol. The van der Waals surface area contributed by atoms with Gasteiger partial charge in [-0.15, -0.1) is 0 Å². The van der Waals surface area contributed by atoms with Gasteiger partial charge < -0.3 is 20.6 Å². The fourth-order valence-electron chi connectivity index (χ4n) is 3.70. The number of aliphatic carboxylic acids is 1. The summed E-state index contributed by atoms with van der Waals surface area (Å²) in [6, 6.07) is 10.3. The molecule has 0 aliphatic carbocycles. The minimum Gasteiger partial charge on any atom is -0.481 e. The molecule has 2 aromatic carbocycles. The number of carboxylic acid groups (broad SMARTS) is 1. The molecule has 1 aliphatic heterocycles. The molecular formula is C25H27N3O5. The summed E-state index contributed by atoms with van der Waals surface area (Å²) < 4.78 is 0. The van der Waals surface area contributed by atoms with Gasteiger partial charge in [-0.3, -0.25) is 14.4 Å². The Bertz CT molecular complexity index is 1150. The number of likely N-dealkylation sites (N-methyl/N-ethyl adjacent to an activating group) is 1. The predicted octanol–water partition coefficient (Wildman–Crippen LogP) is 3.10. The predicted molar refractivity (Wildman–Crippen MR) is 123 cm³/mol. The van der Waals surface area contributed by atoms with Crippen LogP contribution >= 0.6 is 0 Å². The van der Waals surface area contributed by atoms with E-state index in [-0.39, 0.29) is 6.42 Å². The van der Waals surface area contributed by atoms with Crippen LogP contribution in [0, 0.1) is 13.8 Å². The first-order valence-corrected chi connectivity index (χ1v) is 10.5. The third kappa shape index (κ3) is 5.46. The second kappa shape index (κ2) is 9.68. The Morgan fingerprint density at radius 1 is 1.03 bits per heavy atom. The zero-order chi connectivity index (χ0) is 24.3. The van der Waals surface area contributed by atoms with Crippen molar-refractivity contribution in [1.29, 1.82) is 0 Å². The Hall–Kier alpha value is -3.94.